The fraction of sp³-hybridized carbons (Fsp3) is 0.364. The predicted octanol–water partition coefficient (Wildman–Crippen LogP) is 2.99. The van der Waals surface area contributed by atoms with Crippen molar-refractivity contribution in [3.63, 3.8) is 0 Å². The van der Waals surface area contributed by atoms with E-state index in [1.54, 1.807) is 0 Å². The zero-order chi connectivity index (χ0) is 19.9. The van der Waals surface area contributed by atoms with E-state index in [9.17, 15) is 9.59 Å². The molecule has 0 aliphatic carbocycles. The molecule has 0 saturated carbocycles. The lowest BCUT2D eigenvalue weighted by Crippen LogP contribution is -2.25. The number of carboxylic acid groups (broad SMARTS) is 2. The van der Waals surface area contributed by atoms with Crippen molar-refractivity contribution in [2.45, 2.75) is 12.8 Å². The highest BCUT2D eigenvalue weighted by Gasteiger charge is 2.30. The zero-order valence-electron chi connectivity index (χ0n) is 15.8. The van der Waals surface area contributed by atoms with Crippen molar-refractivity contribution < 1.29 is 19.8 Å². The van der Waals surface area contributed by atoms with Gasteiger partial charge in [-0.15, -0.1) is 0 Å². The summed E-state index contributed by atoms with van der Waals surface area (Å²) in [4.78, 5) is 21.7. The van der Waals surface area contributed by atoms with E-state index >= 15 is 0 Å². The van der Waals surface area contributed by atoms with Gasteiger partial charge in [0, 0.05) is 30.9 Å². The van der Waals surface area contributed by atoms with Crippen LogP contribution in [0.5, 0.6) is 0 Å². The van der Waals surface area contributed by atoms with Gasteiger partial charge in [0.05, 0.1) is 0 Å². The molecule has 2 fully saturated rings. The average Bonchev–Trinajstić information content (AvgIpc) is 3.05. The first kappa shape index (κ1) is 19.9. The van der Waals surface area contributed by atoms with Gasteiger partial charge in [0.15, 0.2) is 0 Å². The number of benzene rings is 2. The summed E-state index contributed by atoms with van der Waals surface area (Å²) in [6, 6.07) is 15.6. The van der Waals surface area contributed by atoms with Gasteiger partial charge in [-0.3, -0.25) is 0 Å². The first-order valence-electron chi connectivity index (χ1n) is 9.61. The molecule has 2 aromatic rings. The van der Waals surface area contributed by atoms with Crippen LogP contribution in [-0.2, 0) is 9.59 Å². The highest BCUT2D eigenvalue weighted by Crippen LogP contribution is 2.30. The van der Waals surface area contributed by atoms with E-state index in [1.165, 1.54) is 55.5 Å². The Bertz CT molecular complexity index is 834. The van der Waals surface area contributed by atoms with Crippen LogP contribution in [-0.4, -0.2) is 48.3 Å². The van der Waals surface area contributed by atoms with Crippen molar-refractivity contribution in [3.8, 4) is 0 Å². The molecule has 2 aliphatic heterocycles. The molecule has 0 radical (unpaired) electrons. The summed E-state index contributed by atoms with van der Waals surface area (Å²) < 4.78 is 0. The molecule has 6 nitrogen and oxygen atoms in total. The third-order valence-electron chi connectivity index (χ3n) is 5.49. The Balaban J connectivity index is 0.000000242. The lowest BCUT2D eigenvalue weighted by Gasteiger charge is -2.23. The molecule has 2 aliphatic rings. The number of rotatable bonds is 3. The monoisotopic (exact) mass is 382 g/mol. The van der Waals surface area contributed by atoms with E-state index in [0.29, 0.717) is 12.2 Å². The van der Waals surface area contributed by atoms with Crippen molar-refractivity contribution >= 4 is 28.4 Å². The molecule has 0 amide bonds. The molecule has 2 heterocycles. The summed E-state index contributed by atoms with van der Waals surface area (Å²) in [6.07, 6.45) is 3.79. The topological polar surface area (TPSA) is 89.9 Å². The van der Waals surface area contributed by atoms with E-state index in [0.717, 1.165) is 11.8 Å². The lowest BCUT2D eigenvalue weighted by atomic mass is 9.92. The van der Waals surface area contributed by atoms with Gasteiger partial charge in [-0.25, -0.2) is 9.59 Å². The second-order valence-electron chi connectivity index (χ2n) is 7.28. The molecular formula is C22H26N2O4. The molecule has 28 heavy (non-hydrogen) atoms. The summed E-state index contributed by atoms with van der Waals surface area (Å²) in [5.41, 5.74) is 1.40. The maximum atomic E-state index is 9.55. The highest BCUT2D eigenvalue weighted by atomic mass is 16.4. The van der Waals surface area contributed by atoms with Crippen molar-refractivity contribution in [1.29, 1.82) is 0 Å². The van der Waals surface area contributed by atoms with Gasteiger partial charge in [-0.05, 0) is 60.7 Å². The standard InChI is InChI=1S/C18H22N2.C4H4O4/c1-2-4-15-11-18(6-5-14(15)3-1)20-9-7-16-12-19-13-17(16)8-10-20;5-3(6)1-2-4(7)8/h1-6,11,16-17,19H,7-10,12-13H2;1-2H,(H,5,6)(H,7,8)/b;2-1-. The Morgan fingerprint density at radius 1 is 0.893 bits per heavy atom. The quantitative estimate of drug-likeness (QED) is 0.707. The first-order valence-corrected chi connectivity index (χ1v) is 9.61. The van der Waals surface area contributed by atoms with Gasteiger partial charge >= 0.3 is 11.9 Å². The van der Waals surface area contributed by atoms with Crippen molar-refractivity contribution in [2.75, 3.05) is 31.1 Å². The summed E-state index contributed by atoms with van der Waals surface area (Å²) >= 11 is 0. The molecule has 0 bridgehead atoms. The molecule has 2 atom stereocenters. The number of fused-ring (bicyclic) bond motifs is 2. The van der Waals surface area contributed by atoms with E-state index in [4.69, 9.17) is 10.2 Å². The van der Waals surface area contributed by atoms with Crippen LogP contribution in [0.3, 0.4) is 0 Å². The predicted molar refractivity (Wildman–Crippen MR) is 110 cm³/mol. The van der Waals surface area contributed by atoms with E-state index in [2.05, 4.69) is 52.7 Å². The van der Waals surface area contributed by atoms with Gasteiger partial charge in [-0.1, -0.05) is 30.3 Å². The highest BCUT2D eigenvalue weighted by molar-refractivity contribution is 5.89. The fourth-order valence-corrected chi connectivity index (χ4v) is 3.99. The number of carboxylic acids is 2. The number of hydrogen-bond donors (Lipinski definition) is 3. The van der Waals surface area contributed by atoms with E-state index in [1.807, 2.05) is 0 Å². The van der Waals surface area contributed by atoms with E-state index in [-0.39, 0.29) is 0 Å². The Labute approximate surface area is 164 Å². The maximum absolute atomic E-state index is 9.55. The minimum atomic E-state index is -1.26. The molecule has 2 unspecified atom stereocenters. The van der Waals surface area contributed by atoms with Crippen molar-refractivity contribution in [2.24, 2.45) is 11.8 Å². The van der Waals surface area contributed by atoms with Gasteiger partial charge < -0.3 is 20.4 Å². The Morgan fingerprint density at radius 3 is 2.04 bits per heavy atom. The van der Waals surface area contributed by atoms with Crippen LogP contribution in [0.2, 0.25) is 0 Å². The van der Waals surface area contributed by atoms with Crippen LogP contribution in [0.25, 0.3) is 10.8 Å². The van der Waals surface area contributed by atoms with Crippen LogP contribution >= 0.6 is 0 Å². The van der Waals surface area contributed by atoms with Gasteiger partial charge in [0.1, 0.15) is 0 Å². The van der Waals surface area contributed by atoms with Crippen LogP contribution in [0.1, 0.15) is 12.8 Å². The number of nitrogens with one attached hydrogen (secondary N) is 1. The summed E-state index contributed by atoms with van der Waals surface area (Å²) in [5.74, 6) is -0.708. The summed E-state index contributed by atoms with van der Waals surface area (Å²) in [6.45, 7) is 4.88. The third kappa shape index (κ3) is 5.33. The molecule has 2 aromatic carbocycles. The van der Waals surface area contributed by atoms with Crippen LogP contribution in [0.15, 0.2) is 54.6 Å². The van der Waals surface area contributed by atoms with Crippen LogP contribution < -0.4 is 10.2 Å². The second-order valence-corrected chi connectivity index (χ2v) is 7.28. The number of anilines is 1. The van der Waals surface area contributed by atoms with Crippen molar-refractivity contribution in [1.82, 2.24) is 5.32 Å². The normalized spacial score (nSPS) is 21.6. The van der Waals surface area contributed by atoms with E-state index < -0.39 is 11.9 Å². The second kappa shape index (κ2) is 9.37. The molecular weight excluding hydrogens is 356 g/mol. The third-order valence-corrected chi connectivity index (χ3v) is 5.49. The molecule has 2 saturated heterocycles. The molecule has 0 spiro atoms. The smallest absolute Gasteiger partial charge is 0.328 e. The van der Waals surface area contributed by atoms with Crippen LogP contribution in [0, 0.1) is 11.8 Å². The number of aliphatic carboxylic acids is 2. The Hall–Kier alpha value is -2.86. The minimum absolute atomic E-state index is 0.558. The minimum Gasteiger partial charge on any atom is -0.478 e. The van der Waals surface area contributed by atoms with Gasteiger partial charge in [0.2, 0.25) is 0 Å². The Morgan fingerprint density at radius 2 is 1.46 bits per heavy atom. The molecule has 0 aromatic heterocycles. The summed E-state index contributed by atoms with van der Waals surface area (Å²) in [5, 5.41) is 21.9. The SMILES string of the molecule is O=C(O)/C=C\C(=O)O.c1ccc2cc(N3CCC4CNCC4CC3)ccc2c1. The number of hydrogen-bond acceptors (Lipinski definition) is 4. The van der Waals surface area contributed by atoms with Crippen molar-refractivity contribution in [3.05, 3.63) is 54.6 Å². The molecule has 3 N–H and O–H groups in total. The molecule has 4 rings (SSSR count). The average molecular weight is 382 g/mol. The zero-order valence-corrected chi connectivity index (χ0v) is 15.8. The van der Waals surface area contributed by atoms with Gasteiger partial charge in [-0.2, -0.15) is 0 Å². The summed E-state index contributed by atoms with van der Waals surface area (Å²) in [7, 11) is 0. The maximum Gasteiger partial charge on any atom is 0.328 e. The Kier molecular flexibility index (Phi) is 6.66. The largest absolute Gasteiger partial charge is 0.478 e. The number of carbonyl (C=O) groups is 2. The lowest BCUT2D eigenvalue weighted by molar-refractivity contribution is -0.134. The number of nitrogens with zero attached hydrogens (tertiary/aromatic N) is 1. The first-order chi connectivity index (χ1) is 13.5. The van der Waals surface area contributed by atoms with Crippen LogP contribution in [0.4, 0.5) is 5.69 Å². The molecule has 6 heteroatoms. The van der Waals surface area contributed by atoms with Gasteiger partial charge in [0.25, 0.3) is 0 Å². The molecule has 148 valence electrons. The fourth-order valence-electron chi connectivity index (χ4n) is 3.99.